The molecule has 1 unspecified atom stereocenters. The van der Waals surface area contributed by atoms with E-state index in [1.54, 1.807) is 30.2 Å². The van der Waals surface area contributed by atoms with Crippen LogP contribution in [0.5, 0.6) is 11.5 Å². The lowest BCUT2D eigenvalue weighted by Crippen LogP contribution is -2.49. The van der Waals surface area contributed by atoms with Crippen molar-refractivity contribution >= 4 is 34.8 Å². The molecule has 0 spiro atoms. The molecule has 1 N–H and O–H groups in total. The van der Waals surface area contributed by atoms with Crippen LogP contribution in [0, 0.1) is 0 Å². The van der Waals surface area contributed by atoms with E-state index in [0.29, 0.717) is 29.4 Å². The summed E-state index contributed by atoms with van der Waals surface area (Å²) in [5.41, 5.74) is 1.75. The number of halogens is 1. The highest BCUT2D eigenvalue weighted by molar-refractivity contribution is 6.32. The number of nitrogens with one attached hydrogen (secondary N) is 1. The lowest BCUT2D eigenvalue weighted by Gasteiger charge is -2.34. The zero-order chi connectivity index (χ0) is 24.1. The fourth-order valence-electron chi connectivity index (χ4n) is 4.70. The zero-order valence-electron chi connectivity index (χ0n) is 19.8. The van der Waals surface area contributed by atoms with Crippen LogP contribution in [0.3, 0.4) is 0 Å². The van der Waals surface area contributed by atoms with Crippen LogP contribution in [0.1, 0.15) is 39.0 Å². The summed E-state index contributed by atoms with van der Waals surface area (Å²) in [4.78, 5) is 28.7. The summed E-state index contributed by atoms with van der Waals surface area (Å²) in [5.74, 6) is 1.22. The molecule has 2 amide bonds. The van der Waals surface area contributed by atoms with Gasteiger partial charge in [0.15, 0.2) is 0 Å². The Kier molecular flexibility index (Phi) is 7.83. The van der Waals surface area contributed by atoms with Crippen LogP contribution in [0.2, 0.25) is 5.02 Å². The lowest BCUT2D eigenvalue weighted by atomic mass is 10.0. The molecule has 2 aromatic carbocycles. The van der Waals surface area contributed by atoms with E-state index >= 15 is 0 Å². The van der Waals surface area contributed by atoms with Crippen LogP contribution in [0.25, 0.3) is 0 Å². The number of rotatable bonds is 6. The average Bonchev–Trinajstić information content (AvgIpc) is 2.86. The molecular weight excluding hydrogens is 454 g/mol. The minimum Gasteiger partial charge on any atom is -0.497 e. The van der Waals surface area contributed by atoms with E-state index in [1.165, 1.54) is 6.92 Å². The van der Waals surface area contributed by atoms with Gasteiger partial charge in [0.1, 0.15) is 23.6 Å². The molecule has 0 aromatic heterocycles. The molecule has 2 aromatic rings. The molecule has 0 aliphatic carbocycles. The highest BCUT2D eigenvalue weighted by Gasteiger charge is 2.30. The van der Waals surface area contributed by atoms with Crippen molar-refractivity contribution in [3.8, 4) is 11.5 Å². The first-order chi connectivity index (χ1) is 16.4. The number of carbonyl (C=O) groups excluding carboxylic acids is 2. The minimum atomic E-state index is -0.435. The summed E-state index contributed by atoms with van der Waals surface area (Å²) < 4.78 is 11.5. The predicted octanol–water partition coefficient (Wildman–Crippen LogP) is 4.74. The van der Waals surface area contributed by atoms with Crippen LogP contribution < -0.4 is 19.7 Å². The quantitative estimate of drug-likeness (QED) is 0.640. The largest absolute Gasteiger partial charge is 0.497 e. The highest BCUT2D eigenvalue weighted by Crippen LogP contribution is 2.32. The van der Waals surface area contributed by atoms with Crippen LogP contribution >= 0.6 is 11.6 Å². The van der Waals surface area contributed by atoms with Gasteiger partial charge in [0.05, 0.1) is 12.1 Å². The number of likely N-dealkylation sites (tertiary alicyclic amines) is 1. The SMILES string of the molecule is COc1cccc(N2CCC(Oc3ccc(NC(=O)C4CCCCN4C(C)=O)cc3Cl)CC2)c1. The molecule has 182 valence electrons. The van der Waals surface area contributed by atoms with Crippen LogP contribution in [0.15, 0.2) is 42.5 Å². The molecule has 2 fully saturated rings. The summed E-state index contributed by atoms with van der Waals surface area (Å²) in [6.07, 6.45) is 4.38. The smallest absolute Gasteiger partial charge is 0.247 e. The van der Waals surface area contributed by atoms with Gasteiger partial charge in [0.25, 0.3) is 0 Å². The first-order valence-corrected chi connectivity index (χ1v) is 12.3. The predicted molar refractivity (Wildman–Crippen MR) is 134 cm³/mol. The normalized spacial score (nSPS) is 19.0. The van der Waals surface area contributed by atoms with E-state index in [0.717, 1.165) is 50.2 Å². The number of amides is 2. The van der Waals surface area contributed by atoms with E-state index in [4.69, 9.17) is 21.1 Å². The van der Waals surface area contributed by atoms with Gasteiger partial charge < -0.3 is 24.6 Å². The molecule has 34 heavy (non-hydrogen) atoms. The molecule has 0 radical (unpaired) electrons. The number of carbonyl (C=O) groups is 2. The number of ether oxygens (including phenoxy) is 2. The summed E-state index contributed by atoms with van der Waals surface area (Å²) in [5, 5.41) is 3.37. The van der Waals surface area contributed by atoms with Crippen LogP contribution in [0.4, 0.5) is 11.4 Å². The molecular formula is C26H32ClN3O4. The molecule has 2 heterocycles. The summed E-state index contributed by atoms with van der Waals surface area (Å²) in [7, 11) is 1.68. The summed E-state index contributed by atoms with van der Waals surface area (Å²) in [6, 6.07) is 13.0. The molecule has 4 rings (SSSR count). The van der Waals surface area contributed by atoms with E-state index in [2.05, 4.69) is 16.3 Å². The Morgan fingerprint density at radius 2 is 1.82 bits per heavy atom. The van der Waals surface area contributed by atoms with Gasteiger partial charge in [-0.2, -0.15) is 0 Å². The highest BCUT2D eigenvalue weighted by atomic mass is 35.5. The molecule has 2 aliphatic rings. The molecule has 7 nitrogen and oxygen atoms in total. The van der Waals surface area contributed by atoms with Crippen molar-refractivity contribution in [3.05, 3.63) is 47.5 Å². The van der Waals surface area contributed by atoms with Gasteiger partial charge in [0.2, 0.25) is 11.8 Å². The van der Waals surface area contributed by atoms with Gasteiger partial charge >= 0.3 is 0 Å². The fourth-order valence-corrected chi connectivity index (χ4v) is 4.92. The third-order valence-corrected chi connectivity index (χ3v) is 6.86. The Balaban J connectivity index is 1.32. The number of hydrogen-bond acceptors (Lipinski definition) is 5. The Labute approximate surface area is 206 Å². The molecule has 2 aliphatic heterocycles. The maximum absolute atomic E-state index is 12.8. The van der Waals surface area contributed by atoms with Crippen LogP contribution in [-0.4, -0.2) is 55.6 Å². The van der Waals surface area contributed by atoms with E-state index in [-0.39, 0.29) is 17.9 Å². The first kappa shape index (κ1) is 24.2. The maximum atomic E-state index is 12.8. The number of benzene rings is 2. The van der Waals surface area contributed by atoms with Crippen molar-refractivity contribution in [1.29, 1.82) is 0 Å². The van der Waals surface area contributed by atoms with Crippen molar-refractivity contribution in [3.63, 3.8) is 0 Å². The number of anilines is 2. The lowest BCUT2D eigenvalue weighted by molar-refractivity contribution is -0.138. The van der Waals surface area contributed by atoms with Crippen molar-refractivity contribution in [1.82, 2.24) is 4.90 Å². The van der Waals surface area contributed by atoms with Gasteiger partial charge in [-0.15, -0.1) is 0 Å². The number of nitrogens with zero attached hydrogens (tertiary/aromatic N) is 2. The van der Waals surface area contributed by atoms with E-state index < -0.39 is 6.04 Å². The standard InChI is InChI=1S/C26H32ClN3O4/c1-18(31)30-13-4-3-8-24(30)26(32)28-19-9-10-25(23(27)16-19)34-21-11-14-29(15-12-21)20-6-5-7-22(17-20)33-2/h5-7,9-10,16-17,21,24H,3-4,8,11-15H2,1-2H3,(H,28,32). The van der Waals surface area contributed by atoms with Gasteiger partial charge in [0, 0.05) is 56.8 Å². The fraction of sp³-hybridized carbons (Fsp3) is 0.462. The third-order valence-electron chi connectivity index (χ3n) is 6.56. The summed E-state index contributed by atoms with van der Waals surface area (Å²) in [6.45, 7) is 3.91. The Bertz CT molecular complexity index is 1020. The number of hydrogen-bond donors (Lipinski definition) is 1. The van der Waals surface area contributed by atoms with E-state index in [1.807, 2.05) is 18.2 Å². The zero-order valence-corrected chi connectivity index (χ0v) is 20.5. The second-order valence-corrected chi connectivity index (χ2v) is 9.27. The van der Waals surface area contributed by atoms with Gasteiger partial charge in [-0.3, -0.25) is 9.59 Å². The molecule has 0 bridgehead atoms. The second kappa shape index (κ2) is 11.0. The molecule has 8 heteroatoms. The van der Waals surface area contributed by atoms with Gasteiger partial charge in [-0.25, -0.2) is 0 Å². The van der Waals surface area contributed by atoms with Crippen molar-refractivity contribution < 1.29 is 19.1 Å². The number of methoxy groups -OCH3 is 1. The topological polar surface area (TPSA) is 71.1 Å². The maximum Gasteiger partial charge on any atom is 0.247 e. The van der Waals surface area contributed by atoms with Crippen molar-refractivity contribution in [2.45, 2.75) is 51.2 Å². The van der Waals surface area contributed by atoms with Crippen molar-refractivity contribution in [2.75, 3.05) is 37.0 Å². The van der Waals surface area contributed by atoms with Crippen LogP contribution in [-0.2, 0) is 9.59 Å². The molecule has 0 saturated carbocycles. The Morgan fingerprint density at radius 1 is 1.03 bits per heavy atom. The monoisotopic (exact) mass is 485 g/mol. The minimum absolute atomic E-state index is 0.0703. The van der Waals surface area contributed by atoms with Gasteiger partial charge in [-0.05, 0) is 49.6 Å². The Hall–Kier alpha value is -2.93. The van der Waals surface area contributed by atoms with Crippen molar-refractivity contribution in [2.24, 2.45) is 0 Å². The first-order valence-electron chi connectivity index (χ1n) is 11.9. The second-order valence-electron chi connectivity index (χ2n) is 8.86. The number of piperidine rings is 2. The third kappa shape index (κ3) is 5.76. The van der Waals surface area contributed by atoms with Gasteiger partial charge in [-0.1, -0.05) is 17.7 Å². The molecule has 1 atom stereocenters. The van der Waals surface area contributed by atoms with E-state index in [9.17, 15) is 9.59 Å². The average molecular weight is 486 g/mol. The Morgan fingerprint density at radius 3 is 2.53 bits per heavy atom. The summed E-state index contributed by atoms with van der Waals surface area (Å²) >= 11 is 6.49. The molecule has 2 saturated heterocycles.